The number of likely N-dealkylation sites (N-methyl/N-ethyl adjacent to an activating group) is 1. The van der Waals surface area contributed by atoms with Gasteiger partial charge in [-0.25, -0.2) is 0 Å². The van der Waals surface area contributed by atoms with Gasteiger partial charge >= 0.3 is 0 Å². The van der Waals surface area contributed by atoms with Gasteiger partial charge in [0.2, 0.25) is 0 Å². The Labute approximate surface area is 110 Å². The van der Waals surface area contributed by atoms with Gasteiger partial charge < -0.3 is 10.1 Å². The zero-order valence-electron chi connectivity index (χ0n) is 11.7. The molecule has 2 rings (SSSR count). The normalized spacial score (nSPS) is 18.8. The summed E-state index contributed by atoms with van der Waals surface area (Å²) in [6.45, 7) is 11.3. The molecule has 1 N–H and O–H groups in total. The van der Waals surface area contributed by atoms with Gasteiger partial charge in [-0.2, -0.15) is 0 Å². The van der Waals surface area contributed by atoms with Crippen molar-refractivity contribution in [1.29, 1.82) is 0 Å². The summed E-state index contributed by atoms with van der Waals surface area (Å²) in [7, 11) is 0. The molecule has 0 aliphatic carbocycles. The highest BCUT2D eigenvalue weighted by atomic mass is 16.5. The Balaban J connectivity index is 2.39. The molecule has 0 bridgehead atoms. The fourth-order valence-corrected chi connectivity index (χ4v) is 2.82. The maximum absolute atomic E-state index is 5.82. The molecule has 100 valence electrons. The molecule has 1 heterocycles. The predicted octanol–water partition coefficient (Wildman–Crippen LogP) is 2.57. The van der Waals surface area contributed by atoms with Crippen LogP contribution in [0.2, 0.25) is 0 Å². The van der Waals surface area contributed by atoms with Crippen molar-refractivity contribution in [3.8, 4) is 5.75 Å². The number of rotatable bonds is 5. The lowest BCUT2D eigenvalue weighted by atomic mass is 9.94. The Morgan fingerprint density at radius 1 is 1.28 bits per heavy atom. The summed E-state index contributed by atoms with van der Waals surface area (Å²) in [4.78, 5) is 2.49. The van der Waals surface area contributed by atoms with Crippen LogP contribution in [0, 0.1) is 0 Å². The van der Waals surface area contributed by atoms with E-state index in [0.29, 0.717) is 6.04 Å². The summed E-state index contributed by atoms with van der Waals surface area (Å²) in [6, 6.07) is 6.84. The second-order valence-corrected chi connectivity index (χ2v) is 4.63. The Morgan fingerprint density at radius 3 is 2.72 bits per heavy atom. The summed E-state index contributed by atoms with van der Waals surface area (Å²) in [5.41, 5.74) is 2.77. The van der Waals surface area contributed by atoms with E-state index in [0.717, 1.165) is 38.5 Å². The van der Waals surface area contributed by atoms with E-state index in [1.54, 1.807) is 0 Å². The molecule has 0 saturated carbocycles. The van der Waals surface area contributed by atoms with Crippen LogP contribution in [-0.2, 0) is 6.54 Å². The van der Waals surface area contributed by atoms with Gasteiger partial charge in [0.05, 0.1) is 12.6 Å². The first kappa shape index (κ1) is 13.4. The molecular weight excluding hydrogens is 224 g/mol. The molecule has 1 atom stereocenters. The highest BCUT2D eigenvalue weighted by Crippen LogP contribution is 2.34. The standard InChI is InChI=1S/C15H24N2O/c1-4-17(5-2)13-11-16-10-12-8-7-9-14(15(12)13)18-6-3/h7-9,13,16H,4-6,10-11H2,1-3H3/t13-/m1/s1. The van der Waals surface area contributed by atoms with Crippen molar-refractivity contribution in [3.05, 3.63) is 29.3 Å². The minimum Gasteiger partial charge on any atom is -0.494 e. The number of nitrogens with one attached hydrogen (secondary N) is 1. The highest BCUT2D eigenvalue weighted by molar-refractivity contribution is 5.44. The molecule has 0 aromatic heterocycles. The van der Waals surface area contributed by atoms with Crippen LogP contribution < -0.4 is 10.1 Å². The molecule has 0 unspecified atom stereocenters. The van der Waals surface area contributed by atoms with Crippen LogP contribution in [0.15, 0.2) is 18.2 Å². The Morgan fingerprint density at radius 2 is 2.06 bits per heavy atom. The first-order valence-electron chi connectivity index (χ1n) is 7.01. The van der Waals surface area contributed by atoms with Crippen LogP contribution >= 0.6 is 0 Å². The highest BCUT2D eigenvalue weighted by Gasteiger charge is 2.27. The summed E-state index contributed by atoms with van der Waals surface area (Å²) < 4.78 is 5.82. The van der Waals surface area contributed by atoms with Crippen molar-refractivity contribution >= 4 is 0 Å². The fraction of sp³-hybridized carbons (Fsp3) is 0.600. The molecule has 18 heavy (non-hydrogen) atoms. The number of hydrogen-bond acceptors (Lipinski definition) is 3. The van der Waals surface area contributed by atoms with Crippen LogP contribution in [0.3, 0.4) is 0 Å². The van der Waals surface area contributed by atoms with Gasteiger partial charge in [0, 0.05) is 18.7 Å². The Hall–Kier alpha value is -1.06. The fourth-order valence-electron chi connectivity index (χ4n) is 2.82. The maximum atomic E-state index is 5.82. The Kier molecular flexibility index (Phi) is 4.61. The third kappa shape index (κ3) is 2.52. The van der Waals surface area contributed by atoms with E-state index in [4.69, 9.17) is 4.74 Å². The lowest BCUT2D eigenvalue weighted by Crippen LogP contribution is -2.39. The van der Waals surface area contributed by atoms with Crippen LogP contribution in [-0.4, -0.2) is 31.1 Å². The SMILES string of the molecule is CCOc1cccc2c1[C@H](N(CC)CC)CNC2. The monoisotopic (exact) mass is 248 g/mol. The molecule has 0 fully saturated rings. The van der Waals surface area contributed by atoms with Gasteiger partial charge in [-0.3, -0.25) is 4.90 Å². The van der Waals surface area contributed by atoms with E-state index in [2.05, 4.69) is 42.3 Å². The number of nitrogens with zero attached hydrogens (tertiary/aromatic N) is 1. The maximum Gasteiger partial charge on any atom is 0.124 e. The van der Waals surface area contributed by atoms with E-state index in [9.17, 15) is 0 Å². The predicted molar refractivity (Wildman–Crippen MR) is 75.0 cm³/mol. The third-order valence-electron chi connectivity index (χ3n) is 3.70. The molecule has 1 aliphatic rings. The largest absolute Gasteiger partial charge is 0.494 e. The zero-order chi connectivity index (χ0) is 13.0. The molecule has 3 nitrogen and oxygen atoms in total. The zero-order valence-corrected chi connectivity index (χ0v) is 11.7. The van der Waals surface area contributed by atoms with Crippen molar-refractivity contribution < 1.29 is 4.74 Å². The van der Waals surface area contributed by atoms with Crippen molar-refractivity contribution in [2.75, 3.05) is 26.2 Å². The van der Waals surface area contributed by atoms with E-state index in [1.165, 1.54) is 11.1 Å². The number of ether oxygens (including phenoxy) is 1. The van der Waals surface area contributed by atoms with Crippen LogP contribution in [0.1, 0.15) is 37.9 Å². The molecule has 0 spiro atoms. The smallest absolute Gasteiger partial charge is 0.124 e. The minimum atomic E-state index is 0.437. The lowest BCUT2D eigenvalue weighted by Gasteiger charge is -2.36. The Bertz CT molecular complexity index is 388. The first-order chi connectivity index (χ1) is 8.81. The van der Waals surface area contributed by atoms with Crippen molar-refractivity contribution in [2.24, 2.45) is 0 Å². The van der Waals surface area contributed by atoms with Crippen LogP contribution in [0.25, 0.3) is 0 Å². The molecule has 0 radical (unpaired) electrons. The topological polar surface area (TPSA) is 24.5 Å². The number of benzene rings is 1. The third-order valence-corrected chi connectivity index (χ3v) is 3.70. The van der Waals surface area contributed by atoms with E-state index < -0.39 is 0 Å². The minimum absolute atomic E-state index is 0.437. The lowest BCUT2D eigenvalue weighted by molar-refractivity contribution is 0.198. The summed E-state index contributed by atoms with van der Waals surface area (Å²) in [5.74, 6) is 1.06. The van der Waals surface area contributed by atoms with Crippen molar-refractivity contribution in [1.82, 2.24) is 10.2 Å². The number of fused-ring (bicyclic) bond motifs is 1. The second kappa shape index (κ2) is 6.21. The molecule has 1 aromatic rings. The van der Waals surface area contributed by atoms with Gasteiger partial charge in [-0.1, -0.05) is 26.0 Å². The van der Waals surface area contributed by atoms with E-state index in [1.807, 2.05) is 6.92 Å². The van der Waals surface area contributed by atoms with Crippen LogP contribution in [0.5, 0.6) is 5.75 Å². The number of hydrogen-bond donors (Lipinski definition) is 1. The molecular formula is C15H24N2O. The quantitative estimate of drug-likeness (QED) is 0.866. The first-order valence-corrected chi connectivity index (χ1v) is 7.01. The average molecular weight is 248 g/mol. The molecule has 0 amide bonds. The van der Waals surface area contributed by atoms with E-state index >= 15 is 0 Å². The van der Waals surface area contributed by atoms with Gasteiger partial charge in [-0.05, 0) is 31.6 Å². The van der Waals surface area contributed by atoms with Gasteiger partial charge in [0.15, 0.2) is 0 Å². The molecule has 0 saturated heterocycles. The summed E-state index contributed by atoms with van der Waals surface area (Å²) in [5, 5.41) is 3.51. The van der Waals surface area contributed by atoms with Gasteiger partial charge in [0.25, 0.3) is 0 Å². The van der Waals surface area contributed by atoms with Crippen molar-refractivity contribution in [2.45, 2.75) is 33.4 Å². The second-order valence-electron chi connectivity index (χ2n) is 4.63. The molecule has 1 aliphatic heterocycles. The average Bonchev–Trinajstić information content (AvgIpc) is 2.41. The van der Waals surface area contributed by atoms with Gasteiger partial charge in [-0.15, -0.1) is 0 Å². The van der Waals surface area contributed by atoms with Crippen molar-refractivity contribution in [3.63, 3.8) is 0 Å². The van der Waals surface area contributed by atoms with Crippen LogP contribution in [0.4, 0.5) is 0 Å². The summed E-state index contributed by atoms with van der Waals surface area (Å²) in [6.07, 6.45) is 0. The summed E-state index contributed by atoms with van der Waals surface area (Å²) >= 11 is 0. The molecule has 1 aromatic carbocycles. The van der Waals surface area contributed by atoms with Gasteiger partial charge in [0.1, 0.15) is 5.75 Å². The molecule has 3 heteroatoms. The van der Waals surface area contributed by atoms with E-state index in [-0.39, 0.29) is 0 Å².